The quantitative estimate of drug-likeness (QED) is 0.667. The van der Waals surface area contributed by atoms with Gasteiger partial charge in [-0.2, -0.15) is 5.26 Å². The molecule has 10 heteroatoms. The topological polar surface area (TPSA) is 78.2 Å². The maximum absolute atomic E-state index is 13.3. The summed E-state index contributed by atoms with van der Waals surface area (Å²) in [6.45, 7) is 3.07. The van der Waals surface area contributed by atoms with E-state index in [1.165, 1.54) is 29.2 Å². The summed E-state index contributed by atoms with van der Waals surface area (Å²) in [6.07, 6.45) is -0.108. The van der Waals surface area contributed by atoms with E-state index in [1.54, 1.807) is 17.5 Å². The lowest BCUT2D eigenvalue weighted by Crippen LogP contribution is -2.47. The molecule has 1 N–H and O–H groups in total. The molecule has 1 saturated heterocycles. The van der Waals surface area contributed by atoms with Crippen LogP contribution in [0.3, 0.4) is 0 Å². The summed E-state index contributed by atoms with van der Waals surface area (Å²) in [4.78, 5) is 18.3. The Labute approximate surface area is 175 Å². The molecule has 148 valence electrons. The summed E-state index contributed by atoms with van der Waals surface area (Å²) in [7, 11) is 0. The van der Waals surface area contributed by atoms with Crippen LogP contribution in [-0.2, 0) is 16.1 Å². The smallest absolute Gasteiger partial charge is 0.230 e. The number of hydrogen-bond acceptors (Lipinski definition) is 7. The van der Waals surface area contributed by atoms with Crippen LogP contribution in [0.15, 0.2) is 27.9 Å². The molecule has 0 radical (unpaired) electrons. The van der Waals surface area contributed by atoms with Gasteiger partial charge in [0, 0.05) is 31.6 Å². The van der Waals surface area contributed by atoms with E-state index in [1.807, 2.05) is 6.07 Å². The number of morpholine rings is 1. The Balaban J connectivity index is 1.41. The van der Waals surface area contributed by atoms with E-state index in [0.717, 1.165) is 12.1 Å². The van der Waals surface area contributed by atoms with Crippen LogP contribution in [0.1, 0.15) is 11.3 Å². The van der Waals surface area contributed by atoms with Crippen molar-refractivity contribution in [3.05, 3.63) is 45.7 Å². The number of ether oxygens (including phenoxy) is 1. The number of nitrogens with one attached hydrogen (secondary N) is 1. The molecule has 1 aliphatic heterocycles. The van der Waals surface area contributed by atoms with Crippen LogP contribution >= 0.6 is 34.7 Å². The zero-order valence-electron chi connectivity index (χ0n) is 14.9. The Bertz CT molecular complexity index is 874. The van der Waals surface area contributed by atoms with Crippen LogP contribution in [0.4, 0.5) is 4.39 Å². The number of halogens is 2. The maximum atomic E-state index is 13.3. The minimum atomic E-state index is -0.424. The Hall–Kier alpha value is -1.70. The van der Waals surface area contributed by atoms with Gasteiger partial charge in [-0.1, -0.05) is 29.4 Å². The van der Waals surface area contributed by atoms with Crippen LogP contribution in [0.25, 0.3) is 0 Å². The largest absolute Gasteiger partial charge is 0.374 e. The second kappa shape index (κ2) is 10.2. The SMILES string of the molecule is N#Cc1csc(SCC(=O)NC[C@H]2CN(Cc3ccc(F)c(Cl)c3)CCO2)n1. The molecule has 0 saturated carbocycles. The van der Waals surface area contributed by atoms with Crippen molar-refractivity contribution in [2.24, 2.45) is 0 Å². The fourth-order valence-electron chi connectivity index (χ4n) is 2.72. The van der Waals surface area contributed by atoms with Gasteiger partial charge in [0.1, 0.15) is 11.9 Å². The minimum Gasteiger partial charge on any atom is -0.374 e. The predicted octanol–water partition coefficient (Wildman–Crippen LogP) is 2.92. The minimum absolute atomic E-state index is 0.107. The first kappa shape index (κ1) is 21.0. The highest BCUT2D eigenvalue weighted by molar-refractivity contribution is 8.01. The number of amides is 1. The van der Waals surface area contributed by atoms with Gasteiger partial charge in [0.15, 0.2) is 10.0 Å². The molecule has 0 unspecified atom stereocenters. The average Bonchev–Trinajstić information content (AvgIpc) is 3.16. The van der Waals surface area contributed by atoms with E-state index >= 15 is 0 Å². The van der Waals surface area contributed by atoms with Crippen molar-refractivity contribution < 1.29 is 13.9 Å². The highest BCUT2D eigenvalue weighted by Gasteiger charge is 2.21. The molecule has 1 aromatic carbocycles. The number of thiazole rings is 1. The van der Waals surface area contributed by atoms with E-state index in [9.17, 15) is 9.18 Å². The molecule has 2 aromatic rings. The lowest BCUT2D eigenvalue weighted by atomic mass is 10.2. The molecule has 1 aliphatic rings. The molecule has 1 fully saturated rings. The number of benzene rings is 1. The maximum Gasteiger partial charge on any atom is 0.230 e. The molecule has 1 atom stereocenters. The number of nitrogens with zero attached hydrogens (tertiary/aromatic N) is 3. The first-order valence-electron chi connectivity index (χ1n) is 8.56. The third-order valence-electron chi connectivity index (χ3n) is 4.06. The van der Waals surface area contributed by atoms with Crippen LogP contribution in [-0.4, -0.2) is 53.9 Å². The highest BCUT2D eigenvalue weighted by atomic mass is 35.5. The number of thioether (sulfide) groups is 1. The van der Waals surface area contributed by atoms with Gasteiger partial charge in [-0.25, -0.2) is 9.37 Å². The van der Waals surface area contributed by atoms with Crippen molar-refractivity contribution in [3.63, 3.8) is 0 Å². The zero-order chi connectivity index (χ0) is 19.9. The molecule has 1 amide bonds. The molecule has 3 rings (SSSR count). The number of carbonyl (C=O) groups is 1. The first-order chi connectivity index (χ1) is 13.5. The lowest BCUT2D eigenvalue weighted by molar-refractivity contribution is -0.119. The third-order valence-corrected chi connectivity index (χ3v) is 6.38. The summed E-state index contributed by atoms with van der Waals surface area (Å²) in [5.41, 5.74) is 1.30. The number of carbonyl (C=O) groups excluding carboxylic acids is 1. The van der Waals surface area contributed by atoms with E-state index in [-0.39, 0.29) is 22.8 Å². The molecule has 6 nitrogen and oxygen atoms in total. The van der Waals surface area contributed by atoms with E-state index in [0.29, 0.717) is 36.3 Å². The fourth-order valence-corrected chi connectivity index (χ4v) is 4.51. The monoisotopic (exact) mass is 440 g/mol. The van der Waals surface area contributed by atoms with E-state index in [2.05, 4.69) is 15.2 Å². The summed E-state index contributed by atoms with van der Waals surface area (Å²) < 4.78 is 19.7. The van der Waals surface area contributed by atoms with E-state index in [4.69, 9.17) is 21.6 Å². The van der Waals surface area contributed by atoms with Gasteiger partial charge in [-0.15, -0.1) is 11.3 Å². The number of hydrogen-bond donors (Lipinski definition) is 1. The Morgan fingerprint density at radius 3 is 3.18 bits per heavy atom. The van der Waals surface area contributed by atoms with Gasteiger partial charge >= 0.3 is 0 Å². The van der Waals surface area contributed by atoms with Crippen molar-refractivity contribution in [1.82, 2.24) is 15.2 Å². The highest BCUT2D eigenvalue weighted by Crippen LogP contribution is 2.22. The third kappa shape index (κ3) is 6.15. The van der Waals surface area contributed by atoms with Gasteiger partial charge in [0.25, 0.3) is 0 Å². The molecule has 1 aromatic heterocycles. The molecule has 0 aliphatic carbocycles. The standard InChI is InChI=1S/C18H18ClFN4O2S2/c19-15-5-12(1-2-16(15)20)8-24-3-4-26-14(9-24)7-22-17(25)11-28-18-23-13(6-21)10-27-18/h1-2,5,10,14H,3-4,7-9,11H2,(H,22,25)/t14-/m0/s1. The first-order valence-corrected chi connectivity index (χ1v) is 10.8. The summed E-state index contributed by atoms with van der Waals surface area (Å²) in [5.74, 6) is -0.291. The normalized spacial score (nSPS) is 17.2. The van der Waals surface area contributed by atoms with Crippen molar-refractivity contribution in [1.29, 1.82) is 5.26 Å². The van der Waals surface area contributed by atoms with Crippen molar-refractivity contribution in [3.8, 4) is 6.07 Å². The van der Waals surface area contributed by atoms with Gasteiger partial charge in [-0.05, 0) is 17.7 Å². The van der Waals surface area contributed by atoms with Gasteiger partial charge < -0.3 is 10.1 Å². The number of nitriles is 1. The predicted molar refractivity (Wildman–Crippen MR) is 107 cm³/mol. The molecule has 28 heavy (non-hydrogen) atoms. The average molecular weight is 441 g/mol. The van der Waals surface area contributed by atoms with Crippen molar-refractivity contribution >= 4 is 40.6 Å². The number of aromatic nitrogens is 1. The molecule has 2 heterocycles. The Kier molecular flexibility index (Phi) is 7.65. The van der Waals surface area contributed by atoms with Gasteiger partial charge in [0.2, 0.25) is 5.91 Å². The Morgan fingerprint density at radius 2 is 2.43 bits per heavy atom. The van der Waals surface area contributed by atoms with Crippen LogP contribution < -0.4 is 5.32 Å². The molecular formula is C18H18ClFN4O2S2. The molecule has 0 spiro atoms. The van der Waals surface area contributed by atoms with Gasteiger partial charge in [-0.3, -0.25) is 9.69 Å². The lowest BCUT2D eigenvalue weighted by Gasteiger charge is -2.33. The van der Waals surface area contributed by atoms with Gasteiger partial charge in [0.05, 0.1) is 23.5 Å². The second-order valence-corrected chi connectivity index (χ2v) is 8.67. The molecular weight excluding hydrogens is 423 g/mol. The van der Waals surface area contributed by atoms with Crippen LogP contribution in [0.5, 0.6) is 0 Å². The summed E-state index contributed by atoms with van der Waals surface area (Å²) >= 11 is 8.50. The van der Waals surface area contributed by atoms with E-state index < -0.39 is 5.82 Å². The van der Waals surface area contributed by atoms with Crippen LogP contribution in [0.2, 0.25) is 5.02 Å². The van der Waals surface area contributed by atoms with Crippen LogP contribution in [0, 0.1) is 17.1 Å². The second-order valence-electron chi connectivity index (χ2n) is 6.18. The number of rotatable bonds is 7. The fraction of sp³-hybridized carbons (Fsp3) is 0.389. The zero-order valence-corrected chi connectivity index (χ0v) is 17.2. The summed E-state index contributed by atoms with van der Waals surface area (Å²) in [6, 6.07) is 6.70. The summed E-state index contributed by atoms with van der Waals surface area (Å²) in [5, 5.41) is 13.4. The Morgan fingerprint density at radius 1 is 1.57 bits per heavy atom. The van der Waals surface area contributed by atoms with Crippen molar-refractivity contribution in [2.75, 3.05) is 32.0 Å². The van der Waals surface area contributed by atoms with Crippen molar-refractivity contribution in [2.45, 2.75) is 17.0 Å². The molecule has 0 bridgehead atoms.